The summed E-state index contributed by atoms with van der Waals surface area (Å²) in [4.78, 5) is 1.04. The Balaban J connectivity index is 1.57. The molecule has 3 aromatic carbocycles. The molecule has 0 radical (unpaired) electrons. The number of ether oxygens (including phenoxy) is 1. The lowest BCUT2D eigenvalue weighted by Gasteiger charge is -2.38. The minimum absolute atomic E-state index is 0.319. The maximum Gasteiger partial charge on any atom is 0.0885 e. The molecule has 0 spiro atoms. The van der Waals surface area contributed by atoms with Gasteiger partial charge < -0.3 is 4.74 Å². The summed E-state index contributed by atoms with van der Waals surface area (Å²) < 4.78 is 6.87. The van der Waals surface area contributed by atoms with Crippen molar-refractivity contribution in [2.75, 3.05) is 0 Å². The first-order valence-corrected chi connectivity index (χ1v) is 11.1. The maximum absolute atomic E-state index is 6.87. The Bertz CT molecular complexity index is 1050. The van der Waals surface area contributed by atoms with Crippen LogP contribution in [-0.2, 0) is 10.3 Å². The fourth-order valence-electron chi connectivity index (χ4n) is 6.08. The highest BCUT2D eigenvalue weighted by Crippen LogP contribution is 2.54. The van der Waals surface area contributed by atoms with E-state index in [1.807, 2.05) is 0 Å². The number of benzene rings is 3. The molecular weight excluding hydrogens is 360 g/mol. The van der Waals surface area contributed by atoms with Crippen molar-refractivity contribution in [3.8, 4) is 0 Å². The molecule has 5 atom stereocenters. The summed E-state index contributed by atoms with van der Waals surface area (Å²) in [5.41, 5.74) is 0.954. The molecule has 2 aliphatic rings. The Labute approximate surface area is 173 Å². The molecule has 0 heterocycles. The van der Waals surface area contributed by atoms with Gasteiger partial charge in [-0.2, -0.15) is 0 Å². The van der Waals surface area contributed by atoms with Crippen molar-refractivity contribution in [2.45, 2.75) is 57.1 Å². The van der Waals surface area contributed by atoms with E-state index in [1.54, 1.807) is 0 Å². The van der Waals surface area contributed by atoms with Crippen LogP contribution in [0.1, 0.15) is 46.1 Å². The SMILES string of the molecule is CC1C2CC(OC(C)(C)c3ccc(S)c4c3ccc3ccccc34)C(C2)C1C. The number of thiol groups is 1. The van der Waals surface area contributed by atoms with Crippen molar-refractivity contribution < 1.29 is 4.74 Å². The summed E-state index contributed by atoms with van der Waals surface area (Å²) in [6, 6.07) is 17.4. The van der Waals surface area contributed by atoms with E-state index in [0.29, 0.717) is 6.10 Å². The second-order valence-corrected chi connectivity index (χ2v) is 10.1. The first kappa shape index (κ1) is 18.5. The molecule has 5 unspecified atom stereocenters. The Morgan fingerprint density at radius 3 is 2.43 bits per heavy atom. The quantitative estimate of drug-likeness (QED) is 0.367. The topological polar surface area (TPSA) is 9.23 Å². The first-order chi connectivity index (χ1) is 13.4. The summed E-state index contributed by atoms with van der Waals surface area (Å²) >= 11 is 4.80. The minimum Gasteiger partial charge on any atom is -0.367 e. The number of rotatable bonds is 3. The maximum atomic E-state index is 6.87. The predicted molar refractivity (Wildman–Crippen MR) is 121 cm³/mol. The molecule has 2 aliphatic carbocycles. The summed E-state index contributed by atoms with van der Waals surface area (Å²) in [6.07, 6.45) is 2.96. The van der Waals surface area contributed by atoms with E-state index in [2.05, 4.69) is 76.2 Å². The van der Waals surface area contributed by atoms with E-state index < -0.39 is 0 Å². The van der Waals surface area contributed by atoms with E-state index in [1.165, 1.54) is 39.9 Å². The molecule has 1 nitrogen and oxygen atoms in total. The van der Waals surface area contributed by atoms with Crippen molar-refractivity contribution in [3.63, 3.8) is 0 Å². The third kappa shape index (κ3) is 2.72. The van der Waals surface area contributed by atoms with Crippen molar-refractivity contribution in [1.29, 1.82) is 0 Å². The molecule has 28 heavy (non-hydrogen) atoms. The monoisotopic (exact) mass is 390 g/mol. The van der Waals surface area contributed by atoms with Crippen LogP contribution < -0.4 is 0 Å². The van der Waals surface area contributed by atoms with Crippen LogP contribution in [0.3, 0.4) is 0 Å². The standard InChI is InChI=1S/C26H30OS/c1-15-16(2)21-13-18(15)14-23(21)27-26(3,4)22-11-12-24(28)25-19-8-6-5-7-17(19)9-10-20(22)25/h5-12,15-16,18,21,23,28H,13-14H2,1-4H3. The fraction of sp³-hybridized carbons (Fsp3) is 0.462. The van der Waals surface area contributed by atoms with Crippen LogP contribution in [0.5, 0.6) is 0 Å². The zero-order chi connectivity index (χ0) is 19.6. The molecular formula is C26H30OS. The molecule has 0 N–H and O–H groups in total. The van der Waals surface area contributed by atoms with E-state index in [4.69, 9.17) is 17.4 Å². The lowest BCUT2D eigenvalue weighted by molar-refractivity contribution is -0.109. The highest BCUT2D eigenvalue weighted by atomic mass is 32.1. The summed E-state index contributed by atoms with van der Waals surface area (Å²) in [7, 11) is 0. The van der Waals surface area contributed by atoms with E-state index in [-0.39, 0.29) is 5.60 Å². The molecule has 5 rings (SSSR count). The second kappa shape index (κ2) is 6.50. The molecule has 0 saturated heterocycles. The van der Waals surface area contributed by atoms with Gasteiger partial charge in [0.1, 0.15) is 0 Å². The largest absolute Gasteiger partial charge is 0.367 e. The van der Waals surface area contributed by atoms with Gasteiger partial charge in [-0.05, 0) is 78.1 Å². The molecule has 2 saturated carbocycles. The van der Waals surface area contributed by atoms with Crippen molar-refractivity contribution in [3.05, 3.63) is 54.1 Å². The van der Waals surface area contributed by atoms with Crippen molar-refractivity contribution in [1.82, 2.24) is 0 Å². The molecule has 2 bridgehead atoms. The minimum atomic E-state index is -0.319. The normalized spacial score (nSPS) is 29.8. The van der Waals surface area contributed by atoms with Crippen LogP contribution in [0.15, 0.2) is 53.4 Å². The fourth-order valence-corrected chi connectivity index (χ4v) is 6.40. The first-order valence-electron chi connectivity index (χ1n) is 10.7. The van der Waals surface area contributed by atoms with Gasteiger partial charge in [-0.1, -0.05) is 56.3 Å². The van der Waals surface area contributed by atoms with Crippen LogP contribution in [0.25, 0.3) is 21.5 Å². The van der Waals surface area contributed by atoms with Crippen molar-refractivity contribution >= 4 is 34.2 Å². The lowest BCUT2D eigenvalue weighted by atomic mass is 9.80. The number of hydrogen-bond acceptors (Lipinski definition) is 2. The van der Waals surface area contributed by atoms with E-state index in [0.717, 1.165) is 28.6 Å². The van der Waals surface area contributed by atoms with Gasteiger partial charge in [0.25, 0.3) is 0 Å². The summed E-state index contributed by atoms with van der Waals surface area (Å²) in [6.45, 7) is 9.35. The average Bonchev–Trinajstić information content (AvgIpc) is 3.20. The number of fused-ring (bicyclic) bond motifs is 5. The zero-order valence-corrected chi connectivity index (χ0v) is 18.2. The van der Waals surface area contributed by atoms with Crippen LogP contribution in [-0.4, -0.2) is 6.10 Å². The van der Waals surface area contributed by atoms with Gasteiger partial charge in [-0.25, -0.2) is 0 Å². The van der Waals surface area contributed by atoms with Gasteiger partial charge >= 0.3 is 0 Å². The molecule has 0 amide bonds. The molecule has 3 aromatic rings. The average molecular weight is 391 g/mol. The van der Waals surface area contributed by atoms with Gasteiger partial charge in [-0.3, -0.25) is 0 Å². The molecule has 0 aromatic heterocycles. The van der Waals surface area contributed by atoms with Crippen LogP contribution in [0.2, 0.25) is 0 Å². The molecule has 2 fully saturated rings. The highest BCUT2D eigenvalue weighted by Gasteiger charge is 2.50. The molecule has 0 aliphatic heterocycles. The Morgan fingerprint density at radius 1 is 0.893 bits per heavy atom. The predicted octanol–water partition coefficient (Wildman–Crippen LogP) is 7.21. The van der Waals surface area contributed by atoms with Crippen LogP contribution >= 0.6 is 12.6 Å². The summed E-state index contributed by atoms with van der Waals surface area (Å²) in [5, 5.41) is 5.04. The molecule has 146 valence electrons. The van der Waals surface area contributed by atoms with Crippen LogP contribution in [0, 0.1) is 23.7 Å². The van der Waals surface area contributed by atoms with Gasteiger partial charge in [0.05, 0.1) is 11.7 Å². The smallest absolute Gasteiger partial charge is 0.0885 e. The summed E-state index contributed by atoms with van der Waals surface area (Å²) in [5.74, 6) is 3.19. The van der Waals surface area contributed by atoms with Crippen LogP contribution in [0.4, 0.5) is 0 Å². The zero-order valence-electron chi connectivity index (χ0n) is 17.3. The Morgan fingerprint density at radius 2 is 1.68 bits per heavy atom. The van der Waals surface area contributed by atoms with Gasteiger partial charge in [0.2, 0.25) is 0 Å². The van der Waals surface area contributed by atoms with Gasteiger partial charge in [-0.15, -0.1) is 12.6 Å². The Kier molecular flexibility index (Phi) is 4.30. The van der Waals surface area contributed by atoms with E-state index >= 15 is 0 Å². The Hall–Kier alpha value is -1.51. The van der Waals surface area contributed by atoms with Crippen molar-refractivity contribution in [2.24, 2.45) is 23.7 Å². The van der Waals surface area contributed by atoms with Gasteiger partial charge in [0, 0.05) is 10.3 Å². The second-order valence-electron chi connectivity index (χ2n) is 9.62. The highest BCUT2D eigenvalue weighted by molar-refractivity contribution is 7.80. The lowest BCUT2D eigenvalue weighted by Crippen LogP contribution is -2.36. The molecule has 2 heteroatoms. The third-order valence-corrected chi connectivity index (χ3v) is 8.19. The number of hydrogen-bond donors (Lipinski definition) is 1. The van der Waals surface area contributed by atoms with E-state index in [9.17, 15) is 0 Å². The van der Waals surface area contributed by atoms with Gasteiger partial charge in [0.15, 0.2) is 0 Å². The third-order valence-electron chi connectivity index (χ3n) is 7.81.